The number of anilines is 1. The topological polar surface area (TPSA) is 115 Å². The number of nitrogens with one attached hydrogen (secondary N) is 2. The molecular formula is C19H21F2N7O2. The molecule has 158 valence electrons. The number of fused-ring (bicyclic) bond motifs is 1. The SMILES string of the molecule is O=c1[nH]c(O)c(C=c2cnn3c(=NCC4CC4)cc(N4CCC(F)(F)CC4)nc23)[nH]1. The van der Waals surface area contributed by atoms with Gasteiger partial charge in [0.05, 0.1) is 6.20 Å². The van der Waals surface area contributed by atoms with Crippen LogP contribution in [0, 0.1) is 5.92 Å². The van der Waals surface area contributed by atoms with Gasteiger partial charge < -0.3 is 15.0 Å². The van der Waals surface area contributed by atoms with E-state index in [9.17, 15) is 18.7 Å². The molecule has 3 aromatic heterocycles. The maximum absolute atomic E-state index is 13.6. The number of imidazole rings is 1. The van der Waals surface area contributed by atoms with Crippen LogP contribution in [0.15, 0.2) is 22.1 Å². The normalized spacial score (nSPS) is 20.4. The molecular weight excluding hydrogens is 396 g/mol. The van der Waals surface area contributed by atoms with Gasteiger partial charge in [-0.1, -0.05) is 0 Å². The first-order chi connectivity index (χ1) is 14.4. The van der Waals surface area contributed by atoms with Crippen molar-refractivity contribution in [1.82, 2.24) is 24.6 Å². The number of aromatic amines is 2. The van der Waals surface area contributed by atoms with Crippen LogP contribution in [0.3, 0.4) is 0 Å². The van der Waals surface area contributed by atoms with Gasteiger partial charge in [-0.25, -0.2) is 18.6 Å². The molecule has 2 aliphatic rings. The van der Waals surface area contributed by atoms with Crippen molar-refractivity contribution in [2.45, 2.75) is 31.6 Å². The quantitative estimate of drug-likeness (QED) is 0.574. The van der Waals surface area contributed by atoms with E-state index in [1.807, 2.05) is 4.90 Å². The predicted molar refractivity (Wildman–Crippen MR) is 104 cm³/mol. The van der Waals surface area contributed by atoms with E-state index in [-0.39, 0.29) is 37.5 Å². The van der Waals surface area contributed by atoms with E-state index in [1.54, 1.807) is 22.9 Å². The second-order valence-electron chi connectivity index (χ2n) is 7.92. The molecule has 0 bridgehead atoms. The van der Waals surface area contributed by atoms with Gasteiger partial charge in [0.2, 0.25) is 5.88 Å². The summed E-state index contributed by atoms with van der Waals surface area (Å²) in [6.07, 6.45) is 5.00. The summed E-state index contributed by atoms with van der Waals surface area (Å²) in [6, 6.07) is 1.78. The first-order valence-electron chi connectivity index (χ1n) is 9.93. The third-order valence-corrected chi connectivity index (χ3v) is 5.53. The molecule has 3 aromatic rings. The molecule has 1 saturated carbocycles. The minimum absolute atomic E-state index is 0.205. The van der Waals surface area contributed by atoms with Crippen molar-refractivity contribution in [2.24, 2.45) is 10.9 Å². The molecule has 0 radical (unpaired) electrons. The lowest BCUT2D eigenvalue weighted by molar-refractivity contribution is -0.0221. The van der Waals surface area contributed by atoms with Gasteiger partial charge in [0.15, 0.2) is 11.1 Å². The number of piperidine rings is 1. The number of halogens is 2. The smallest absolute Gasteiger partial charge is 0.326 e. The van der Waals surface area contributed by atoms with E-state index in [2.05, 4.69) is 25.0 Å². The minimum atomic E-state index is -2.65. The zero-order valence-corrected chi connectivity index (χ0v) is 16.1. The van der Waals surface area contributed by atoms with E-state index < -0.39 is 11.6 Å². The van der Waals surface area contributed by atoms with Gasteiger partial charge in [0, 0.05) is 43.8 Å². The van der Waals surface area contributed by atoms with Crippen molar-refractivity contribution in [3.8, 4) is 5.88 Å². The van der Waals surface area contributed by atoms with Gasteiger partial charge in [-0.15, -0.1) is 0 Å². The third kappa shape index (κ3) is 3.66. The predicted octanol–water partition coefficient (Wildman–Crippen LogP) is 0.545. The molecule has 0 atom stereocenters. The zero-order valence-electron chi connectivity index (χ0n) is 16.1. The van der Waals surface area contributed by atoms with E-state index in [4.69, 9.17) is 0 Å². The van der Waals surface area contributed by atoms with Crippen LogP contribution in [0.1, 0.15) is 31.4 Å². The molecule has 4 heterocycles. The van der Waals surface area contributed by atoms with Crippen molar-refractivity contribution in [3.63, 3.8) is 0 Å². The summed E-state index contributed by atoms with van der Waals surface area (Å²) in [5, 5.41) is 14.8. The van der Waals surface area contributed by atoms with Crippen LogP contribution in [0.25, 0.3) is 11.7 Å². The van der Waals surface area contributed by atoms with E-state index in [1.165, 1.54) is 0 Å². The number of nitrogens with zero attached hydrogens (tertiary/aromatic N) is 5. The zero-order chi connectivity index (χ0) is 20.9. The highest BCUT2D eigenvalue weighted by Crippen LogP contribution is 2.30. The average molecular weight is 417 g/mol. The van der Waals surface area contributed by atoms with Crippen LogP contribution in [-0.2, 0) is 0 Å². The van der Waals surface area contributed by atoms with Crippen LogP contribution in [-0.4, -0.2) is 55.2 Å². The van der Waals surface area contributed by atoms with Crippen molar-refractivity contribution < 1.29 is 13.9 Å². The molecule has 5 rings (SSSR count). The van der Waals surface area contributed by atoms with Crippen LogP contribution < -0.4 is 21.3 Å². The molecule has 0 spiro atoms. The van der Waals surface area contributed by atoms with Gasteiger partial charge >= 0.3 is 5.69 Å². The summed E-state index contributed by atoms with van der Waals surface area (Å²) < 4.78 is 28.8. The molecule has 2 fully saturated rings. The molecule has 1 aliphatic heterocycles. The first kappa shape index (κ1) is 18.8. The molecule has 3 N–H and O–H groups in total. The summed E-state index contributed by atoms with van der Waals surface area (Å²) >= 11 is 0. The number of H-pyrrole nitrogens is 2. The Morgan fingerprint density at radius 3 is 2.73 bits per heavy atom. The highest BCUT2D eigenvalue weighted by Gasteiger charge is 2.34. The lowest BCUT2D eigenvalue weighted by Crippen LogP contribution is -2.40. The Morgan fingerprint density at radius 1 is 1.30 bits per heavy atom. The van der Waals surface area contributed by atoms with E-state index >= 15 is 0 Å². The van der Waals surface area contributed by atoms with Gasteiger partial charge in [-0.3, -0.25) is 9.98 Å². The van der Waals surface area contributed by atoms with Gasteiger partial charge in [-0.05, 0) is 24.8 Å². The fourth-order valence-electron chi connectivity index (χ4n) is 3.56. The van der Waals surface area contributed by atoms with Crippen molar-refractivity contribution >= 4 is 17.5 Å². The summed E-state index contributed by atoms with van der Waals surface area (Å²) in [4.78, 5) is 27.3. The molecule has 30 heavy (non-hydrogen) atoms. The Balaban J connectivity index is 1.63. The fourth-order valence-corrected chi connectivity index (χ4v) is 3.56. The van der Waals surface area contributed by atoms with Crippen molar-refractivity contribution in [1.29, 1.82) is 0 Å². The molecule has 0 unspecified atom stereocenters. The third-order valence-electron chi connectivity index (χ3n) is 5.53. The number of hydrogen-bond donors (Lipinski definition) is 3. The molecule has 1 aliphatic carbocycles. The fraction of sp³-hybridized carbons (Fsp3) is 0.474. The first-order valence-corrected chi connectivity index (χ1v) is 9.93. The Kier molecular flexibility index (Phi) is 4.33. The van der Waals surface area contributed by atoms with E-state index in [0.717, 1.165) is 12.8 Å². The monoisotopic (exact) mass is 417 g/mol. The maximum atomic E-state index is 13.6. The van der Waals surface area contributed by atoms with E-state index in [0.29, 0.717) is 34.6 Å². The highest BCUT2D eigenvalue weighted by molar-refractivity contribution is 5.58. The summed E-state index contributed by atoms with van der Waals surface area (Å²) in [5.41, 5.74) is 0.751. The molecule has 1 saturated heterocycles. The van der Waals surface area contributed by atoms with Crippen molar-refractivity contribution in [3.05, 3.63) is 39.1 Å². The number of rotatable bonds is 4. The molecule has 9 nitrogen and oxygen atoms in total. The van der Waals surface area contributed by atoms with Crippen LogP contribution >= 0.6 is 0 Å². The largest absolute Gasteiger partial charge is 0.493 e. The number of aromatic nitrogens is 5. The Morgan fingerprint density at radius 2 is 2.07 bits per heavy atom. The Bertz CT molecular complexity index is 1260. The number of alkyl halides is 2. The molecule has 11 heteroatoms. The van der Waals surface area contributed by atoms with Crippen molar-refractivity contribution in [2.75, 3.05) is 24.5 Å². The minimum Gasteiger partial charge on any atom is -0.493 e. The van der Waals surface area contributed by atoms with Gasteiger partial charge in [0.25, 0.3) is 5.92 Å². The average Bonchev–Trinajstić information content (AvgIpc) is 3.36. The number of hydrogen-bond acceptors (Lipinski definition) is 6. The van der Waals surface area contributed by atoms with Gasteiger partial charge in [0.1, 0.15) is 11.5 Å². The van der Waals surface area contributed by atoms with Crippen LogP contribution in [0.4, 0.5) is 14.6 Å². The Hall–Kier alpha value is -3.24. The Labute approximate surface area is 168 Å². The maximum Gasteiger partial charge on any atom is 0.326 e. The molecule has 0 aromatic carbocycles. The highest BCUT2D eigenvalue weighted by atomic mass is 19.3. The second kappa shape index (κ2) is 6.92. The van der Waals surface area contributed by atoms with Gasteiger partial charge in [-0.2, -0.15) is 9.61 Å². The summed E-state index contributed by atoms with van der Waals surface area (Å²) in [5.74, 6) is -1.79. The number of aromatic hydroxyl groups is 1. The summed E-state index contributed by atoms with van der Waals surface area (Å²) in [7, 11) is 0. The molecule has 0 amide bonds. The summed E-state index contributed by atoms with van der Waals surface area (Å²) in [6.45, 7) is 1.09. The second-order valence-corrected chi connectivity index (χ2v) is 7.92. The lowest BCUT2D eigenvalue weighted by atomic mass is 10.1. The standard InChI is InChI=1S/C19H21F2N7O2/c20-19(21)3-5-27(6-4-19)15-8-14(22-9-11-1-2-11)28-16(25-15)12(10-23-28)7-13-17(29)26-18(30)24-13/h7-8,10-11,29H,1-6,9H2,(H2,24,26,30). The van der Waals surface area contributed by atoms with Crippen LogP contribution in [0.5, 0.6) is 5.88 Å². The van der Waals surface area contributed by atoms with Crippen LogP contribution in [0.2, 0.25) is 0 Å². The lowest BCUT2D eigenvalue weighted by Gasteiger charge is -2.32.